The van der Waals surface area contributed by atoms with Gasteiger partial charge in [0.25, 0.3) is 0 Å². The van der Waals surface area contributed by atoms with E-state index in [1.54, 1.807) is 6.92 Å². The lowest BCUT2D eigenvalue weighted by Crippen LogP contribution is -2.32. The first-order valence-electron chi connectivity index (χ1n) is 6.55. The maximum atomic E-state index is 13.4. The average molecular weight is 254 g/mol. The maximum Gasteiger partial charge on any atom is 0.248 e. The number of hydrogen-bond acceptors (Lipinski definition) is 1. The molecule has 0 amide bonds. The van der Waals surface area contributed by atoms with Gasteiger partial charge in [0.15, 0.2) is 0 Å². The molecule has 0 saturated heterocycles. The second-order valence-electron chi connectivity index (χ2n) is 5.66. The van der Waals surface area contributed by atoms with Gasteiger partial charge in [-0.25, -0.2) is 8.78 Å². The van der Waals surface area contributed by atoms with Crippen molar-refractivity contribution in [2.24, 2.45) is 5.92 Å². The van der Waals surface area contributed by atoms with Gasteiger partial charge in [-0.1, -0.05) is 30.3 Å². The molecule has 0 aliphatic heterocycles. The summed E-state index contributed by atoms with van der Waals surface area (Å²) in [7, 11) is 0. The van der Waals surface area contributed by atoms with Crippen molar-refractivity contribution >= 4 is 0 Å². The molecule has 3 heteroatoms. The van der Waals surface area contributed by atoms with Crippen LogP contribution >= 0.6 is 0 Å². The van der Waals surface area contributed by atoms with Gasteiger partial charge >= 0.3 is 0 Å². The zero-order valence-electron chi connectivity index (χ0n) is 10.7. The second kappa shape index (κ2) is 4.96. The SMILES string of the molecule is CC(O)(CC1CCCC(F)(F)C1)c1ccccc1. The van der Waals surface area contributed by atoms with Gasteiger partial charge < -0.3 is 5.11 Å². The van der Waals surface area contributed by atoms with Crippen molar-refractivity contribution in [2.75, 3.05) is 0 Å². The molecule has 1 N–H and O–H groups in total. The average Bonchev–Trinajstić information content (AvgIpc) is 2.28. The third kappa shape index (κ3) is 3.29. The molecule has 18 heavy (non-hydrogen) atoms. The van der Waals surface area contributed by atoms with Crippen LogP contribution in [0.5, 0.6) is 0 Å². The van der Waals surface area contributed by atoms with Gasteiger partial charge in [0.05, 0.1) is 5.60 Å². The number of hydrogen-bond donors (Lipinski definition) is 1. The van der Waals surface area contributed by atoms with Crippen LogP contribution in [0.1, 0.15) is 44.6 Å². The Balaban J connectivity index is 2.04. The summed E-state index contributed by atoms with van der Waals surface area (Å²) in [5.74, 6) is -2.64. The number of alkyl halides is 2. The van der Waals surface area contributed by atoms with E-state index in [4.69, 9.17) is 0 Å². The van der Waals surface area contributed by atoms with Crippen LogP contribution in [0.2, 0.25) is 0 Å². The fourth-order valence-corrected chi connectivity index (χ4v) is 2.93. The molecule has 2 atom stereocenters. The summed E-state index contributed by atoms with van der Waals surface area (Å²) in [4.78, 5) is 0. The van der Waals surface area contributed by atoms with Crippen molar-refractivity contribution in [1.82, 2.24) is 0 Å². The smallest absolute Gasteiger partial charge is 0.248 e. The van der Waals surface area contributed by atoms with Crippen LogP contribution in [0.3, 0.4) is 0 Å². The van der Waals surface area contributed by atoms with E-state index >= 15 is 0 Å². The maximum absolute atomic E-state index is 13.4. The molecule has 1 nitrogen and oxygen atoms in total. The van der Waals surface area contributed by atoms with Gasteiger partial charge in [-0.2, -0.15) is 0 Å². The van der Waals surface area contributed by atoms with E-state index in [-0.39, 0.29) is 18.8 Å². The van der Waals surface area contributed by atoms with Crippen LogP contribution in [-0.2, 0) is 5.60 Å². The van der Waals surface area contributed by atoms with Crippen LogP contribution in [0, 0.1) is 5.92 Å². The zero-order chi connectivity index (χ0) is 13.2. The molecule has 0 aromatic heterocycles. The highest BCUT2D eigenvalue weighted by atomic mass is 19.3. The van der Waals surface area contributed by atoms with E-state index in [9.17, 15) is 13.9 Å². The molecule has 0 bridgehead atoms. The summed E-state index contributed by atoms with van der Waals surface area (Å²) in [6.07, 6.45) is 1.67. The number of rotatable bonds is 3. The first-order valence-corrected chi connectivity index (χ1v) is 6.55. The summed E-state index contributed by atoms with van der Waals surface area (Å²) in [6, 6.07) is 9.30. The van der Waals surface area contributed by atoms with Crippen molar-refractivity contribution in [1.29, 1.82) is 0 Å². The minimum atomic E-state index is -2.55. The molecule has 1 aromatic rings. The Hall–Kier alpha value is -0.960. The lowest BCUT2D eigenvalue weighted by Gasteiger charge is -2.34. The van der Waals surface area contributed by atoms with Crippen molar-refractivity contribution < 1.29 is 13.9 Å². The first kappa shape index (κ1) is 13.5. The molecule has 1 aliphatic rings. The molecule has 1 saturated carbocycles. The predicted octanol–water partition coefficient (Wildman–Crippen LogP) is 4.11. The molecular weight excluding hydrogens is 234 g/mol. The van der Waals surface area contributed by atoms with Gasteiger partial charge in [-0.05, 0) is 37.7 Å². The summed E-state index contributed by atoms with van der Waals surface area (Å²) < 4.78 is 26.7. The quantitative estimate of drug-likeness (QED) is 0.860. The van der Waals surface area contributed by atoms with Gasteiger partial charge in [0, 0.05) is 12.8 Å². The molecule has 0 heterocycles. The monoisotopic (exact) mass is 254 g/mol. The molecule has 0 spiro atoms. The summed E-state index contributed by atoms with van der Waals surface area (Å²) >= 11 is 0. The predicted molar refractivity (Wildman–Crippen MR) is 67.5 cm³/mol. The van der Waals surface area contributed by atoms with E-state index < -0.39 is 11.5 Å². The van der Waals surface area contributed by atoms with Gasteiger partial charge in [0.2, 0.25) is 5.92 Å². The van der Waals surface area contributed by atoms with Crippen molar-refractivity contribution in [2.45, 2.75) is 50.6 Å². The van der Waals surface area contributed by atoms with Crippen LogP contribution in [0.25, 0.3) is 0 Å². The highest BCUT2D eigenvalue weighted by molar-refractivity contribution is 5.21. The molecule has 1 aliphatic carbocycles. The standard InChI is InChI=1S/C15H20F2O/c1-14(18,13-7-3-2-4-8-13)10-12-6-5-9-15(16,17)11-12/h2-4,7-8,12,18H,5-6,9-11H2,1H3. The van der Waals surface area contributed by atoms with Crippen LogP contribution in [-0.4, -0.2) is 11.0 Å². The molecular formula is C15H20F2O. The Morgan fingerprint density at radius 3 is 2.61 bits per heavy atom. The molecule has 1 aromatic carbocycles. The molecule has 2 rings (SSSR count). The topological polar surface area (TPSA) is 20.2 Å². The Morgan fingerprint density at radius 2 is 2.00 bits per heavy atom. The Labute approximate surface area is 107 Å². The van der Waals surface area contributed by atoms with Crippen LogP contribution < -0.4 is 0 Å². The third-order valence-electron chi connectivity index (χ3n) is 3.82. The Kier molecular flexibility index (Phi) is 3.71. The summed E-state index contributed by atoms with van der Waals surface area (Å²) in [5.41, 5.74) is -0.210. The Bertz CT molecular complexity index is 387. The van der Waals surface area contributed by atoms with Gasteiger partial charge in [-0.15, -0.1) is 0 Å². The first-order chi connectivity index (χ1) is 8.39. The molecule has 100 valence electrons. The molecule has 0 radical (unpaired) electrons. The second-order valence-corrected chi connectivity index (χ2v) is 5.66. The van der Waals surface area contributed by atoms with Crippen molar-refractivity contribution in [3.63, 3.8) is 0 Å². The Morgan fingerprint density at radius 1 is 1.33 bits per heavy atom. The fourth-order valence-electron chi connectivity index (χ4n) is 2.93. The van der Waals surface area contributed by atoms with Crippen molar-refractivity contribution in [3.05, 3.63) is 35.9 Å². The van der Waals surface area contributed by atoms with Crippen LogP contribution in [0.4, 0.5) is 8.78 Å². The largest absolute Gasteiger partial charge is 0.385 e. The van der Waals surface area contributed by atoms with E-state index in [0.29, 0.717) is 12.8 Å². The minimum Gasteiger partial charge on any atom is -0.385 e. The fraction of sp³-hybridized carbons (Fsp3) is 0.600. The number of aliphatic hydroxyl groups is 1. The van der Waals surface area contributed by atoms with E-state index in [1.165, 1.54) is 0 Å². The van der Waals surface area contributed by atoms with E-state index in [2.05, 4.69) is 0 Å². The summed E-state index contributed by atoms with van der Waals surface area (Å²) in [5, 5.41) is 10.5. The summed E-state index contributed by atoms with van der Waals surface area (Å²) in [6.45, 7) is 1.72. The lowest BCUT2D eigenvalue weighted by atomic mass is 9.78. The minimum absolute atomic E-state index is 0.00300. The van der Waals surface area contributed by atoms with Gasteiger partial charge in [-0.3, -0.25) is 0 Å². The highest BCUT2D eigenvalue weighted by Crippen LogP contribution is 2.41. The molecule has 1 fully saturated rings. The zero-order valence-corrected chi connectivity index (χ0v) is 10.7. The van der Waals surface area contributed by atoms with Crippen LogP contribution in [0.15, 0.2) is 30.3 Å². The lowest BCUT2D eigenvalue weighted by molar-refractivity contribution is -0.0693. The van der Waals surface area contributed by atoms with Gasteiger partial charge in [0.1, 0.15) is 0 Å². The highest BCUT2D eigenvalue weighted by Gasteiger charge is 2.39. The van der Waals surface area contributed by atoms with Crippen molar-refractivity contribution in [3.8, 4) is 0 Å². The molecule has 2 unspecified atom stereocenters. The third-order valence-corrected chi connectivity index (χ3v) is 3.82. The van der Waals surface area contributed by atoms with E-state index in [0.717, 1.165) is 12.0 Å². The van der Waals surface area contributed by atoms with E-state index in [1.807, 2.05) is 30.3 Å². The normalized spacial score (nSPS) is 26.6. The number of benzene rings is 1. The number of halogens is 2.